The minimum Gasteiger partial charge on any atom is -0.406 e. The molecule has 2 aromatic rings. The summed E-state index contributed by atoms with van der Waals surface area (Å²) in [7, 11) is 2.06. The molecule has 0 unspecified atom stereocenters. The van der Waals surface area contributed by atoms with Crippen LogP contribution in [0, 0.1) is 0 Å². The number of carbonyl (C=O) groups excluding carboxylic acids is 1. The predicted octanol–water partition coefficient (Wildman–Crippen LogP) is 11.1. The molecule has 0 saturated heterocycles. The van der Waals surface area contributed by atoms with Crippen LogP contribution < -0.4 is 4.74 Å². The van der Waals surface area contributed by atoms with E-state index in [2.05, 4.69) is 103 Å². The van der Waals surface area contributed by atoms with Gasteiger partial charge in [-0.2, -0.15) is 0 Å². The molecule has 0 spiro atoms. The van der Waals surface area contributed by atoms with E-state index in [4.69, 9.17) is 0 Å². The molecule has 3 nitrogen and oxygen atoms in total. The van der Waals surface area contributed by atoms with Crippen molar-refractivity contribution in [2.45, 2.75) is 139 Å². The maximum absolute atomic E-state index is 11.9. The molecular weight excluding hydrogens is 523 g/mol. The van der Waals surface area contributed by atoms with E-state index in [1.165, 1.54) is 36.1 Å². The van der Waals surface area contributed by atoms with Gasteiger partial charge in [0.2, 0.25) is 0 Å². The van der Waals surface area contributed by atoms with Crippen molar-refractivity contribution >= 4 is 5.78 Å². The Balaban J connectivity index is 0. The Kier molecular flexibility index (Phi) is 21.3. The highest BCUT2D eigenvalue weighted by Gasteiger charge is 2.31. The summed E-state index contributed by atoms with van der Waals surface area (Å²) in [6.07, 6.45) is 1.69. The first kappa shape index (κ1) is 40.8. The third kappa shape index (κ3) is 18.7. The molecule has 2 rings (SSSR count). The van der Waals surface area contributed by atoms with Gasteiger partial charge >= 0.3 is 6.36 Å². The van der Waals surface area contributed by atoms with Gasteiger partial charge in [-0.05, 0) is 68.0 Å². The van der Waals surface area contributed by atoms with Gasteiger partial charge in [-0.15, -0.1) is 13.2 Å². The first-order valence-corrected chi connectivity index (χ1v) is 15.2. The Morgan fingerprint density at radius 1 is 0.829 bits per heavy atom. The van der Waals surface area contributed by atoms with Gasteiger partial charge < -0.3 is 4.74 Å². The normalized spacial score (nSPS) is 12.5. The fourth-order valence-electron chi connectivity index (χ4n) is 3.88. The van der Waals surface area contributed by atoms with E-state index in [1.807, 2.05) is 6.92 Å². The molecule has 0 aliphatic heterocycles. The van der Waals surface area contributed by atoms with Gasteiger partial charge in [-0.25, -0.2) is 0 Å². The van der Waals surface area contributed by atoms with Gasteiger partial charge in [0.1, 0.15) is 11.5 Å². The maximum atomic E-state index is 11.9. The lowest BCUT2D eigenvalue weighted by molar-refractivity contribution is -0.274. The number of rotatable bonds is 9. The first-order chi connectivity index (χ1) is 19.0. The second-order valence-corrected chi connectivity index (χ2v) is 11.5. The third-order valence-electron chi connectivity index (χ3n) is 6.09. The van der Waals surface area contributed by atoms with Crippen LogP contribution in [0.5, 0.6) is 5.75 Å². The van der Waals surface area contributed by atoms with Crippen molar-refractivity contribution in [2.75, 3.05) is 7.05 Å². The molecule has 0 aliphatic rings. The summed E-state index contributed by atoms with van der Waals surface area (Å²) < 4.78 is 39.0. The van der Waals surface area contributed by atoms with Crippen LogP contribution >= 0.6 is 0 Å². The van der Waals surface area contributed by atoms with Crippen LogP contribution in [0.2, 0.25) is 0 Å². The maximum Gasteiger partial charge on any atom is 0.573 e. The molecule has 41 heavy (non-hydrogen) atoms. The zero-order valence-corrected chi connectivity index (χ0v) is 27.9. The molecule has 6 heteroatoms. The van der Waals surface area contributed by atoms with Crippen molar-refractivity contribution in [1.29, 1.82) is 0 Å². The van der Waals surface area contributed by atoms with Crippen LogP contribution in [-0.2, 0) is 16.6 Å². The summed E-state index contributed by atoms with van der Waals surface area (Å²) in [5.74, 6) is 0.0925. The lowest BCUT2D eigenvalue weighted by Gasteiger charge is -2.32. The molecule has 0 aromatic heterocycles. The average Bonchev–Trinajstić information content (AvgIpc) is 2.88. The van der Waals surface area contributed by atoms with Gasteiger partial charge in [0.25, 0.3) is 0 Å². The van der Waals surface area contributed by atoms with E-state index in [-0.39, 0.29) is 29.0 Å². The zero-order chi connectivity index (χ0) is 32.2. The van der Waals surface area contributed by atoms with Gasteiger partial charge in [0.05, 0.1) is 6.04 Å². The van der Waals surface area contributed by atoms with Gasteiger partial charge in [0.15, 0.2) is 0 Å². The number of ether oxygens (including phenoxy) is 1. The summed E-state index contributed by atoms with van der Waals surface area (Å²) >= 11 is 0. The molecule has 236 valence electrons. The van der Waals surface area contributed by atoms with E-state index in [0.717, 1.165) is 31.2 Å². The van der Waals surface area contributed by atoms with E-state index >= 15 is 0 Å². The zero-order valence-electron chi connectivity index (χ0n) is 27.9. The average molecular weight is 582 g/mol. The summed E-state index contributed by atoms with van der Waals surface area (Å²) in [6, 6.07) is 15.0. The fourth-order valence-corrected chi connectivity index (χ4v) is 3.88. The molecule has 0 bridgehead atoms. The lowest BCUT2D eigenvalue weighted by atomic mass is 9.86. The van der Waals surface area contributed by atoms with Crippen LogP contribution in [0.1, 0.15) is 131 Å². The predicted molar refractivity (Wildman–Crippen MR) is 170 cm³/mol. The summed E-state index contributed by atoms with van der Waals surface area (Å²) in [6.45, 7) is 23.2. The highest BCUT2D eigenvalue weighted by Crippen LogP contribution is 2.27. The molecule has 0 aliphatic carbocycles. The number of ketones is 1. The van der Waals surface area contributed by atoms with Crippen LogP contribution in [0.4, 0.5) is 13.2 Å². The second kappa shape index (κ2) is 21.4. The molecular formula is C35H58F3NO2. The van der Waals surface area contributed by atoms with Crippen molar-refractivity contribution in [1.82, 2.24) is 4.90 Å². The first-order valence-electron chi connectivity index (χ1n) is 15.2. The number of carbonyl (C=O) groups is 1. The molecule has 0 radical (unpaired) electrons. The number of alkyl halides is 3. The monoisotopic (exact) mass is 581 g/mol. The topological polar surface area (TPSA) is 29.5 Å². The molecule has 0 N–H and O–H groups in total. The lowest BCUT2D eigenvalue weighted by Crippen LogP contribution is -2.38. The van der Waals surface area contributed by atoms with Crippen LogP contribution in [0.25, 0.3) is 0 Å². The van der Waals surface area contributed by atoms with Gasteiger partial charge in [-0.1, -0.05) is 124 Å². The van der Waals surface area contributed by atoms with Crippen molar-refractivity contribution in [2.24, 2.45) is 0 Å². The van der Waals surface area contributed by atoms with Crippen molar-refractivity contribution in [3.05, 3.63) is 65.2 Å². The summed E-state index contributed by atoms with van der Waals surface area (Å²) in [4.78, 5) is 14.1. The van der Waals surface area contributed by atoms with E-state index in [9.17, 15) is 18.0 Å². The smallest absolute Gasteiger partial charge is 0.406 e. The SMILES string of the molecule is CCC.CCC.CCC[C@@H](C(C)=O)N(C)[C@H](C)c1ccc(C(C)(C)C)cc1.CCCc1ccc(OC(F)(F)F)cc1. The minimum atomic E-state index is -4.60. The summed E-state index contributed by atoms with van der Waals surface area (Å²) in [5, 5.41) is 0. The highest BCUT2D eigenvalue weighted by molar-refractivity contribution is 5.81. The fraction of sp³-hybridized carbons (Fsp3) is 0.629. The molecule has 0 fully saturated rings. The standard InChI is InChI=1S/C19H31NO.C10H11F3O.2C3H8/c1-8-9-18(15(3)21)20(7)14(2)16-10-12-17(13-11-16)19(4,5)6;1-2-3-8-4-6-9(7-5-8)14-10(11,12)13;2*1-3-2/h10-14,18H,8-9H2,1-7H3;4-7H,2-3H2,1H3;2*3H2,1-2H3/t14-,18+;;;/m1.../s1. The largest absolute Gasteiger partial charge is 0.573 e. The number of hydrogen-bond donors (Lipinski definition) is 0. The van der Waals surface area contributed by atoms with E-state index in [1.54, 1.807) is 19.1 Å². The Labute approximate surface area is 249 Å². The van der Waals surface area contributed by atoms with E-state index < -0.39 is 6.36 Å². The second-order valence-electron chi connectivity index (χ2n) is 11.5. The van der Waals surface area contributed by atoms with Crippen LogP contribution in [0.15, 0.2) is 48.5 Å². The molecule has 0 heterocycles. The van der Waals surface area contributed by atoms with E-state index in [0.29, 0.717) is 0 Å². The Hall–Kier alpha value is -2.34. The Morgan fingerprint density at radius 2 is 1.29 bits per heavy atom. The Bertz CT molecular complexity index is 914. The number of nitrogens with zero attached hydrogens (tertiary/aromatic N) is 1. The molecule has 2 aromatic carbocycles. The minimum absolute atomic E-state index is 0.0206. The number of hydrogen-bond acceptors (Lipinski definition) is 3. The van der Waals surface area contributed by atoms with Crippen molar-refractivity contribution in [3.63, 3.8) is 0 Å². The van der Waals surface area contributed by atoms with Crippen LogP contribution in [-0.4, -0.2) is 30.1 Å². The van der Waals surface area contributed by atoms with Crippen LogP contribution in [0.3, 0.4) is 0 Å². The number of likely N-dealkylation sites (N-methyl/N-ethyl adjacent to an activating group) is 1. The Morgan fingerprint density at radius 3 is 1.63 bits per heavy atom. The highest BCUT2D eigenvalue weighted by atomic mass is 19.4. The quantitative estimate of drug-likeness (QED) is 0.295. The number of benzene rings is 2. The molecule has 2 atom stereocenters. The van der Waals surface area contributed by atoms with Gasteiger partial charge in [-0.3, -0.25) is 9.69 Å². The number of aryl methyl sites for hydroxylation is 1. The molecule has 0 amide bonds. The van der Waals surface area contributed by atoms with Crippen molar-refractivity contribution < 1.29 is 22.7 Å². The number of halogens is 3. The number of Topliss-reactive ketones (excluding diaryl/α,β-unsaturated/α-hetero) is 1. The van der Waals surface area contributed by atoms with Gasteiger partial charge in [0, 0.05) is 6.04 Å². The summed E-state index contributed by atoms with van der Waals surface area (Å²) in [5.41, 5.74) is 3.81. The third-order valence-corrected chi connectivity index (χ3v) is 6.09. The molecule has 0 saturated carbocycles. The van der Waals surface area contributed by atoms with Crippen molar-refractivity contribution in [3.8, 4) is 5.75 Å².